The molecule has 12 heavy (non-hydrogen) atoms. The molecule has 1 unspecified atom stereocenters. The number of esters is 1. The summed E-state index contributed by atoms with van der Waals surface area (Å²) in [5.41, 5.74) is 0. The van der Waals surface area contributed by atoms with Gasteiger partial charge in [0.25, 0.3) is 0 Å². The SMILES string of the molecule is CCOC(=O)C(Cl)C1OC(C)O1. The summed E-state index contributed by atoms with van der Waals surface area (Å²) in [5, 5.41) is -0.860. The van der Waals surface area contributed by atoms with Crippen molar-refractivity contribution in [3.05, 3.63) is 0 Å². The Kier molecular flexibility index (Phi) is 3.31. The van der Waals surface area contributed by atoms with E-state index in [4.69, 9.17) is 21.1 Å². The summed E-state index contributed by atoms with van der Waals surface area (Å²) >= 11 is 5.65. The normalized spacial score (nSPS) is 30.6. The third-order valence-corrected chi connectivity index (χ3v) is 1.79. The molecular formula is C7H11ClO4. The number of halogens is 1. The zero-order valence-corrected chi connectivity index (χ0v) is 7.71. The quantitative estimate of drug-likeness (QED) is 0.494. The maximum atomic E-state index is 11.0. The zero-order chi connectivity index (χ0) is 9.14. The monoisotopic (exact) mass is 194 g/mol. The van der Waals surface area contributed by atoms with Crippen molar-refractivity contribution in [1.82, 2.24) is 0 Å². The van der Waals surface area contributed by atoms with Crippen LogP contribution in [0.25, 0.3) is 0 Å². The molecule has 1 atom stereocenters. The van der Waals surface area contributed by atoms with Crippen molar-refractivity contribution in [2.75, 3.05) is 6.61 Å². The van der Waals surface area contributed by atoms with Crippen LogP contribution >= 0.6 is 11.6 Å². The van der Waals surface area contributed by atoms with Crippen LogP contribution in [0.2, 0.25) is 0 Å². The molecule has 0 N–H and O–H groups in total. The third kappa shape index (κ3) is 2.09. The Hall–Kier alpha value is -0.320. The lowest BCUT2D eigenvalue weighted by Gasteiger charge is -2.35. The van der Waals surface area contributed by atoms with Crippen LogP contribution in [0.15, 0.2) is 0 Å². The summed E-state index contributed by atoms with van der Waals surface area (Å²) in [5.74, 6) is -0.504. The Morgan fingerprint density at radius 2 is 2.25 bits per heavy atom. The van der Waals surface area contributed by atoms with Gasteiger partial charge < -0.3 is 14.2 Å². The number of hydrogen-bond donors (Lipinski definition) is 0. The largest absolute Gasteiger partial charge is 0.465 e. The molecule has 1 heterocycles. The first kappa shape index (κ1) is 9.77. The van der Waals surface area contributed by atoms with Gasteiger partial charge in [0.1, 0.15) is 0 Å². The summed E-state index contributed by atoms with van der Waals surface area (Å²) in [4.78, 5) is 11.0. The molecule has 0 radical (unpaired) electrons. The minimum absolute atomic E-state index is 0.273. The average molecular weight is 195 g/mol. The second-order valence-electron chi connectivity index (χ2n) is 2.36. The van der Waals surface area contributed by atoms with E-state index in [9.17, 15) is 4.79 Å². The molecule has 0 saturated carbocycles. The van der Waals surface area contributed by atoms with Crippen LogP contribution in [0, 0.1) is 0 Å². The third-order valence-electron chi connectivity index (χ3n) is 1.40. The molecule has 0 aliphatic carbocycles. The first-order valence-electron chi connectivity index (χ1n) is 3.76. The van der Waals surface area contributed by atoms with Gasteiger partial charge in [-0.25, -0.2) is 0 Å². The van der Waals surface area contributed by atoms with Crippen LogP contribution in [0.4, 0.5) is 0 Å². The Labute approximate surface area is 75.7 Å². The topological polar surface area (TPSA) is 44.8 Å². The van der Waals surface area contributed by atoms with Crippen molar-refractivity contribution in [2.24, 2.45) is 0 Å². The van der Waals surface area contributed by atoms with Gasteiger partial charge in [-0.2, -0.15) is 0 Å². The Morgan fingerprint density at radius 3 is 2.67 bits per heavy atom. The highest BCUT2D eigenvalue weighted by Gasteiger charge is 2.38. The zero-order valence-electron chi connectivity index (χ0n) is 6.95. The van der Waals surface area contributed by atoms with E-state index in [-0.39, 0.29) is 6.29 Å². The smallest absolute Gasteiger partial charge is 0.329 e. The maximum Gasteiger partial charge on any atom is 0.329 e. The lowest BCUT2D eigenvalue weighted by molar-refractivity contribution is -0.373. The number of carbonyl (C=O) groups is 1. The molecule has 0 amide bonds. The van der Waals surface area contributed by atoms with Crippen LogP contribution in [-0.4, -0.2) is 30.5 Å². The van der Waals surface area contributed by atoms with Crippen molar-refractivity contribution in [2.45, 2.75) is 31.8 Å². The molecule has 0 aromatic carbocycles. The van der Waals surface area contributed by atoms with Crippen molar-refractivity contribution < 1.29 is 19.0 Å². The Balaban J connectivity index is 2.27. The van der Waals surface area contributed by atoms with E-state index in [1.54, 1.807) is 13.8 Å². The van der Waals surface area contributed by atoms with Crippen LogP contribution in [0.5, 0.6) is 0 Å². The first-order valence-corrected chi connectivity index (χ1v) is 4.20. The van der Waals surface area contributed by atoms with Gasteiger partial charge in [0.2, 0.25) is 0 Å². The molecule has 1 fully saturated rings. The number of ether oxygens (including phenoxy) is 3. The van der Waals surface area contributed by atoms with E-state index >= 15 is 0 Å². The molecule has 1 aliphatic heterocycles. The molecule has 0 spiro atoms. The van der Waals surface area contributed by atoms with Gasteiger partial charge in [-0.1, -0.05) is 0 Å². The first-order chi connectivity index (χ1) is 5.65. The Morgan fingerprint density at radius 1 is 1.67 bits per heavy atom. The lowest BCUT2D eigenvalue weighted by Crippen LogP contribution is -2.48. The number of alkyl halides is 1. The number of hydrogen-bond acceptors (Lipinski definition) is 4. The predicted octanol–water partition coefficient (Wildman–Crippen LogP) is 0.876. The lowest BCUT2D eigenvalue weighted by atomic mass is 10.4. The standard InChI is InChI=1S/C7H11ClO4/c1-3-10-6(9)5(8)7-11-4(2)12-7/h4-5,7H,3H2,1-2H3. The van der Waals surface area contributed by atoms with Crippen LogP contribution in [0.1, 0.15) is 13.8 Å². The number of carbonyl (C=O) groups excluding carboxylic acids is 1. The summed E-state index contributed by atoms with van der Waals surface area (Å²) in [7, 11) is 0. The second-order valence-corrected chi connectivity index (χ2v) is 2.83. The van der Waals surface area contributed by atoms with Crippen LogP contribution in [0.3, 0.4) is 0 Å². The van der Waals surface area contributed by atoms with Crippen LogP contribution < -0.4 is 0 Å². The molecule has 5 heteroatoms. The summed E-state index contributed by atoms with van der Waals surface area (Å²) in [6, 6.07) is 0. The minimum Gasteiger partial charge on any atom is -0.465 e. The fourth-order valence-electron chi connectivity index (χ4n) is 0.859. The van der Waals surface area contributed by atoms with Gasteiger partial charge in [-0.15, -0.1) is 11.6 Å². The highest BCUT2D eigenvalue weighted by molar-refractivity contribution is 6.30. The summed E-state index contributed by atoms with van der Waals surface area (Å²) < 4.78 is 14.7. The van der Waals surface area contributed by atoms with Crippen molar-refractivity contribution >= 4 is 17.6 Å². The van der Waals surface area contributed by atoms with E-state index in [0.29, 0.717) is 6.61 Å². The van der Waals surface area contributed by atoms with E-state index < -0.39 is 17.6 Å². The van der Waals surface area contributed by atoms with Gasteiger partial charge in [0.05, 0.1) is 6.61 Å². The molecule has 4 nitrogen and oxygen atoms in total. The van der Waals surface area contributed by atoms with E-state index in [1.165, 1.54) is 0 Å². The van der Waals surface area contributed by atoms with Gasteiger partial charge in [-0.05, 0) is 13.8 Å². The molecule has 1 saturated heterocycles. The van der Waals surface area contributed by atoms with Crippen molar-refractivity contribution in [3.8, 4) is 0 Å². The Bertz CT molecular complexity index is 167. The highest BCUT2D eigenvalue weighted by atomic mass is 35.5. The molecule has 0 aromatic heterocycles. The van der Waals surface area contributed by atoms with E-state index in [1.807, 2.05) is 0 Å². The van der Waals surface area contributed by atoms with E-state index in [0.717, 1.165) is 0 Å². The van der Waals surface area contributed by atoms with Gasteiger partial charge >= 0.3 is 5.97 Å². The fraction of sp³-hybridized carbons (Fsp3) is 0.857. The highest BCUT2D eigenvalue weighted by Crippen LogP contribution is 2.23. The molecule has 70 valence electrons. The van der Waals surface area contributed by atoms with Gasteiger partial charge in [0, 0.05) is 0 Å². The van der Waals surface area contributed by atoms with E-state index in [2.05, 4.69) is 4.74 Å². The predicted molar refractivity (Wildman–Crippen MR) is 41.7 cm³/mol. The minimum atomic E-state index is -0.860. The van der Waals surface area contributed by atoms with Crippen molar-refractivity contribution in [1.29, 1.82) is 0 Å². The molecular weight excluding hydrogens is 184 g/mol. The molecule has 0 bridgehead atoms. The molecule has 1 aliphatic rings. The van der Waals surface area contributed by atoms with Gasteiger partial charge in [-0.3, -0.25) is 4.79 Å². The second kappa shape index (κ2) is 4.07. The molecule has 0 aromatic rings. The van der Waals surface area contributed by atoms with Gasteiger partial charge in [0.15, 0.2) is 18.0 Å². The average Bonchev–Trinajstić information content (AvgIpc) is 1.98. The maximum absolute atomic E-state index is 11.0. The fourth-order valence-corrected chi connectivity index (χ4v) is 1.04. The molecule has 1 rings (SSSR count). The number of rotatable bonds is 3. The van der Waals surface area contributed by atoms with Crippen LogP contribution in [-0.2, 0) is 19.0 Å². The summed E-state index contributed by atoms with van der Waals surface area (Å²) in [6.07, 6.45) is -0.925. The van der Waals surface area contributed by atoms with Crippen molar-refractivity contribution in [3.63, 3.8) is 0 Å². The summed E-state index contributed by atoms with van der Waals surface area (Å²) in [6.45, 7) is 3.75.